The number of hydrogen-bond donors (Lipinski definition) is 3. The fourth-order valence-electron chi connectivity index (χ4n) is 2.72. The Hall–Kier alpha value is -2.82. The van der Waals surface area contributed by atoms with Gasteiger partial charge in [-0.05, 0) is 68.3 Å². The molecule has 0 bridgehead atoms. The van der Waals surface area contributed by atoms with Crippen LogP contribution in [-0.2, 0) is 0 Å². The first kappa shape index (κ1) is 16.1. The molecule has 24 heavy (non-hydrogen) atoms. The van der Waals surface area contributed by atoms with E-state index < -0.39 is 0 Å². The van der Waals surface area contributed by atoms with Crippen LogP contribution in [0.2, 0.25) is 0 Å². The predicted octanol–water partition coefficient (Wildman–Crippen LogP) is 4.56. The van der Waals surface area contributed by atoms with Crippen LogP contribution in [0.15, 0.2) is 48.8 Å². The van der Waals surface area contributed by atoms with Crippen molar-refractivity contribution >= 4 is 16.9 Å². The molecule has 2 aromatic heterocycles. The molecular formula is C19H21FN4. The largest absolute Gasteiger partial charge is 0.370 e. The first-order valence-corrected chi connectivity index (χ1v) is 7.92. The lowest BCUT2D eigenvalue weighted by Gasteiger charge is -2.14. The summed E-state index contributed by atoms with van der Waals surface area (Å²) in [5.41, 5.74) is 3.77. The van der Waals surface area contributed by atoms with Gasteiger partial charge in [-0.3, -0.25) is 0 Å². The smallest absolute Gasteiger partial charge is 0.140 e. The van der Waals surface area contributed by atoms with E-state index in [-0.39, 0.29) is 5.82 Å². The standard InChI is InChI=1S/C19H21FN4/c1-11(2)21-13(4)22-17-10-9-16-12(3)18(24-19(16)23-17)14-5-7-15(20)8-6-14/h5-11,21H,4H2,1-3H3,(H2,22,23,24). The summed E-state index contributed by atoms with van der Waals surface area (Å²) in [5.74, 6) is 1.18. The predicted molar refractivity (Wildman–Crippen MR) is 97.3 cm³/mol. The number of fused-ring (bicyclic) bond motifs is 1. The van der Waals surface area contributed by atoms with E-state index in [1.165, 1.54) is 12.1 Å². The number of halogens is 1. The second-order valence-electron chi connectivity index (χ2n) is 6.13. The number of aromatic amines is 1. The van der Waals surface area contributed by atoms with Crippen molar-refractivity contribution < 1.29 is 4.39 Å². The van der Waals surface area contributed by atoms with Crippen LogP contribution in [0.1, 0.15) is 19.4 Å². The van der Waals surface area contributed by atoms with Crippen LogP contribution >= 0.6 is 0 Å². The average molecular weight is 324 g/mol. The highest BCUT2D eigenvalue weighted by Crippen LogP contribution is 2.29. The van der Waals surface area contributed by atoms with E-state index in [0.29, 0.717) is 17.7 Å². The highest BCUT2D eigenvalue weighted by molar-refractivity contribution is 5.89. The van der Waals surface area contributed by atoms with Crippen LogP contribution in [0, 0.1) is 12.7 Å². The quantitative estimate of drug-likeness (QED) is 0.645. The van der Waals surface area contributed by atoms with Gasteiger partial charge in [0.15, 0.2) is 0 Å². The van der Waals surface area contributed by atoms with Gasteiger partial charge in [0, 0.05) is 11.4 Å². The molecule has 1 aromatic carbocycles. The summed E-state index contributed by atoms with van der Waals surface area (Å²) in [7, 11) is 0. The van der Waals surface area contributed by atoms with Crippen molar-refractivity contribution in [3.63, 3.8) is 0 Å². The molecule has 0 radical (unpaired) electrons. The molecule has 3 aromatic rings. The molecule has 2 heterocycles. The third-order valence-corrected chi connectivity index (χ3v) is 3.79. The minimum atomic E-state index is -0.242. The van der Waals surface area contributed by atoms with E-state index in [1.54, 1.807) is 12.1 Å². The topological polar surface area (TPSA) is 52.7 Å². The van der Waals surface area contributed by atoms with Crippen LogP contribution < -0.4 is 10.6 Å². The molecule has 0 amide bonds. The molecule has 4 nitrogen and oxygen atoms in total. The summed E-state index contributed by atoms with van der Waals surface area (Å²) in [6.07, 6.45) is 0. The Bertz CT molecular complexity index is 878. The lowest BCUT2D eigenvalue weighted by molar-refractivity contribution is 0.628. The van der Waals surface area contributed by atoms with E-state index in [0.717, 1.165) is 27.9 Å². The third kappa shape index (κ3) is 3.25. The van der Waals surface area contributed by atoms with Crippen molar-refractivity contribution in [3.05, 3.63) is 60.2 Å². The molecule has 3 N–H and O–H groups in total. The minimum absolute atomic E-state index is 0.242. The Labute approximate surface area is 140 Å². The SMILES string of the molecule is C=C(Nc1ccc2c(C)c(-c3ccc(F)cc3)[nH]c2n1)NC(C)C. The van der Waals surface area contributed by atoms with Gasteiger partial charge < -0.3 is 15.6 Å². The molecule has 0 spiro atoms. The number of aryl methyl sites for hydroxylation is 1. The van der Waals surface area contributed by atoms with Crippen LogP contribution in [0.4, 0.5) is 10.2 Å². The van der Waals surface area contributed by atoms with Crippen molar-refractivity contribution in [2.24, 2.45) is 0 Å². The molecule has 0 fully saturated rings. The van der Waals surface area contributed by atoms with Gasteiger partial charge in [-0.25, -0.2) is 9.37 Å². The molecule has 0 aliphatic heterocycles. The normalized spacial score (nSPS) is 11.0. The fourth-order valence-corrected chi connectivity index (χ4v) is 2.72. The molecule has 124 valence electrons. The van der Waals surface area contributed by atoms with Gasteiger partial charge in [-0.2, -0.15) is 0 Å². The van der Waals surface area contributed by atoms with E-state index in [1.807, 2.05) is 32.9 Å². The van der Waals surface area contributed by atoms with Crippen molar-refractivity contribution in [2.75, 3.05) is 5.32 Å². The summed E-state index contributed by atoms with van der Waals surface area (Å²) in [5, 5.41) is 7.39. The summed E-state index contributed by atoms with van der Waals surface area (Å²) >= 11 is 0. The second-order valence-corrected chi connectivity index (χ2v) is 6.13. The Morgan fingerprint density at radius 3 is 2.54 bits per heavy atom. The average Bonchev–Trinajstić information content (AvgIpc) is 2.84. The summed E-state index contributed by atoms with van der Waals surface area (Å²) < 4.78 is 13.1. The maximum Gasteiger partial charge on any atom is 0.140 e. The van der Waals surface area contributed by atoms with Gasteiger partial charge in [0.2, 0.25) is 0 Å². The van der Waals surface area contributed by atoms with Crippen LogP contribution in [0.25, 0.3) is 22.3 Å². The first-order valence-electron chi connectivity index (χ1n) is 7.92. The van der Waals surface area contributed by atoms with Crippen molar-refractivity contribution in [1.29, 1.82) is 0 Å². The van der Waals surface area contributed by atoms with Gasteiger partial charge >= 0.3 is 0 Å². The summed E-state index contributed by atoms with van der Waals surface area (Å²) in [6, 6.07) is 10.7. The molecule has 0 saturated carbocycles. The molecular weight excluding hydrogens is 303 g/mol. The van der Waals surface area contributed by atoms with Crippen LogP contribution in [-0.4, -0.2) is 16.0 Å². The van der Waals surface area contributed by atoms with Crippen molar-refractivity contribution in [3.8, 4) is 11.3 Å². The number of anilines is 1. The second kappa shape index (κ2) is 6.35. The van der Waals surface area contributed by atoms with Gasteiger partial charge in [0.25, 0.3) is 0 Å². The molecule has 5 heteroatoms. The Kier molecular flexibility index (Phi) is 4.25. The van der Waals surface area contributed by atoms with Gasteiger partial charge in [0.1, 0.15) is 17.3 Å². The number of rotatable bonds is 5. The molecule has 0 aliphatic rings. The molecule has 0 atom stereocenters. The highest BCUT2D eigenvalue weighted by Gasteiger charge is 2.11. The Morgan fingerprint density at radius 2 is 1.88 bits per heavy atom. The van der Waals surface area contributed by atoms with Crippen LogP contribution in [0.5, 0.6) is 0 Å². The van der Waals surface area contributed by atoms with Gasteiger partial charge in [-0.15, -0.1) is 0 Å². The fraction of sp³-hybridized carbons (Fsp3) is 0.211. The third-order valence-electron chi connectivity index (χ3n) is 3.79. The van der Waals surface area contributed by atoms with E-state index in [2.05, 4.69) is 27.2 Å². The van der Waals surface area contributed by atoms with Crippen molar-refractivity contribution in [1.82, 2.24) is 15.3 Å². The van der Waals surface area contributed by atoms with Crippen LogP contribution in [0.3, 0.4) is 0 Å². The van der Waals surface area contributed by atoms with E-state index >= 15 is 0 Å². The number of nitrogens with one attached hydrogen (secondary N) is 3. The maximum absolute atomic E-state index is 13.1. The zero-order chi connectivity index (χ0) is 17.3. The highest BCUT2D eigenvalue weighted by atomic mass is 19.1. The van der Waals surface area contributed by atoms with E-state index in [4.69, 9.17) is 0 Å². The minimum Gasteiger partial charge on any atom is -0.370 e. The molecule has 3 rings (SSSR count). The van der Waals surface area contributed by atoms with Crippen molar-refractivity contribution in [2.45, 2.75) is 26.8 Å². The number of hydrogen-bond acceptors (Lipinski definition) is 3. The lowest BCUT2D eigenvalue weighted by Crippen LogP contribution is -2.25. The van der Waals surface area contributed by atoms with Gasteiger partial charge in [0.05, 0.1) is 11.5 Å². The maximum atomic E-state index is 13.1. The lowest BCUT2D eigenvalue weighted by atomic mass is 10.1. The monoisotopic (exact) mass is 324 g/mol. The zero-order valence-corrected chi connectivity index (χ0v) is 14.1. The number of aromatic nitrogens is 2. The zero-order valence-electron chi connectivity index (χ0n) is 14.1. The number of benzene rings is 1. The number of pyridine rings is 1. The number of H-pyrrole nitrogens is 1. The molecule has 0 saturated heterocycles. The van der Waals surface area contributed by atoms with E-state index in [9.17, 15) is 4.39 Å². The summed E-state index contributed by atoms with van der Waals surface area (Å²) in [4.78, 5) is 7.94. The summed E-state index contributed by atoms with van der Waals surface area (Å²) in [6.45, 7) is 10.1. The Morgan fingerprint density at radius 1 is 1.17 bits per heavy atom. The molecule has 0 unspecified atom stereocenters. The first-order chi connectivity index (χ1) is 11.4. The van der Waals surface area contributed by atoms with Gasteiger partial charge in [-0.1, -0.05) is 6.58 Å². The molecule has 0 aliphatic carbocycles. The Balaban J connectivity index is 1.93. The number of nitrogens with zero attached hydrogens (tertiary/aromatic N) is 1.